The van der Waals surface area contributed by atoms with Gasteiger partial charge in [-0.05, 0) is 48.7 Å². The topological polar surface area (TPSA) is 96.6 Å². The molecule has 2 aliphatic rings. The van der Waals surface area contributed by atoms with Crippen LogP contribution in [0.2, 0.25) is 0 Å². The number of aromatic nitrogens is 1. The molecule has 1 fully saturated rings. The highest BCUT2D eigenvalue weighted by Crippen LogP contribution is 2.26. The van der Waals surface area contributed by atoms with Crippen LogP contribution in [0.15, 0.2) is 42.7 Å². The van der Waals surface area contributed by atoms with E-state index in [2.05, 4.69) is 4.98 Å². The van der Waals surface area contributed by atoms with Crippen molar-refractivity contribution in [2.45, 2.75) is 25.4 Å². The Labute approximate surface area is 181 Å². The van der Waals surface area contributed by atoms with E-state index in [0.717, 1.165) is 18.4 Å². The minimum atomic E-state index is -0.378. The molecule has 1 atom stereocenters. The fourth-order valence-corrected chi connectivity index (χ4v) is 3.62. The Balaban J connectivity index is 0.00000150. The van der Waals surface area contributed by atoms with E-state index in [4.69, 9.17) is 5.73 Å². The van der Waals surface area contributed by atoms with Crippen LogP contribution in [-0.4, -0.2) is 51.6 Å². The molecular formula is C20H22Cl2N4O3. The second kappa shape index (κ2) is 9.35. The highest BCUT2D eigenvalue weighted by molar-refractivity contribution is 6.22. The summed E-state index contributed by atoms with van der Waals surface area (Å²) in [6.45, 7) is 1.35. The number of likely N-dealkylation sites (tertiary alicyclic amines) is 1. The first-order valence-electron chi connectivity index (χ1n) is 8.98. The van der Waals surface area contributed by atoms with Crippen molar-refractivity contribution in [3.05, 3.63) is 65.0 Å². The molecule has 3 amide bonds. The second-order valence-electron chi connectivity index (χ2n) is 6.97. The lowest BCUT2D eigenvalue weighted by molar-refractivity contribution is 0.0641. The molecule has 1 unspecified atom stereocenters. The van der Waals surface area contributed by atoms with Crippen LogP contribution in [0.25, 0.3) is 0 Å². The molecule has 0 spiro atoms. The summed E-state index contributed by atoms with van der Waals surface area (Å²) in [5.74, 6) is -0.872. The molecule has 2 aromatic rings. The number of carbonyl (C=O) groups is 3. The highest BCUT2D eigenvalue weighted by Gasteiger charge is 2.36. The number of benzene rings is 1. The van der Waals surface area contributed by atoms with Crippen LogP contribution in [0.4, 0.5) is 0 Å². The summed E-state index contributed by atoms with van der Waals surface area (Å²) in [6, 6.07) is 8.22. The normalized spacial score (nSPS) is 18.0. The van der Waals surface area contributed by atoms with Gasteiger partial charge in [0.25, 0.3) is 17.7 Å². The van der Waals surface area contributed by atoms with Gasteiger partial charge in [0.2, 0.25) is 0 Å². The van der Waals surface area contributed by atoms with E-state index in [9.17, 15) is 14.4 Å². The van der Waals surface area contributed by atoms with E-state index in [-0.39, 0.29) is 60.7 Å². The maximum absolute atomic E-state index is 12.8. The van der Waals surface area contributed by atoms with Gasteiger partial charge in [-0.2, -0.15) is 0 Å². The summed E-state index contributed by atoms with van der Waals surface area (Å²) < 4.78 is 0. The average molecular weight is 437 g/mol. The number of amides is 3. The Morgan fingerprint density at radius 2 is 1.76 bits per heavy atom. The van der Waals surface area contributed by atoms with E-state index in [0.29, 0.717) is 24.2 Å². The first kappa shape index (κ1) is 22.8. The summed E-state index contributed by atoms with van der Waals surface area (Å²) in [7, 11) is 0. The molecule has 1 saturated heterocycles. The molecule has 0 aliphatic carbocycles. The molecule has 2 N–H and O–H groups in total. The van der Waals surface area contributed by atoms with Crippen LogP contribution in [0, 0.1) is 0 Å². The molecule has 0 radical (unpaired) electrons. The molecule has 4 rings (SSSR count). The molecule has 3 heterocycles. The number of halogens is 2. The zero-order valence-corrected chi connectivity index (χ0v) is 17.2. The van der Waals surface area contributed by atoms with Gasteiger partial charge in [0.1, 0.15) is 0 Å². The molecule has 1 aromatic heterocycles. The second-order valence-corrected chi connectivity index (χ2v) is 6.97. The van der Waals surface area contributed by atoms with Crippen molar-refractivity contribution in [1.29, 1.82) is 0 Å². The smallest absolute Gasteiger partial charge is 0.261 e. The minimum absolute atomic E-state index is 0. The number of hydrogen-bond acceptors (Lipinski definition) is 5. The Hall–Kier alpha value is -2.48. The number of nitrogens with zero attached hydrogens (tertiary/aromatic N) is 3. The summed E-state index contributed by atoms with van der Waals surface area (Å²) in [5.41, 5.74) is 7.80. The predicted molar refractivity (Wildman–Crippen MR) is 112 cm³/mol. The van der Waals surface area contributed by atoms with Crippen molar-refractivity contribution >= 4 is 42.5 Å². The number of imide groups is 1. The quantitative estimate of drug-likeness (QED) is 0.744. The van der Waals surface area contributed by atoms with Crippen LogP contribution in [0.5, 0.6) is 0 Å². The molecule has 29 heavy (non-hydrogen) atoms. The summed E-state index contributed by atoms with van der Waals surface area (Å²) >= 11 is 0. The van der Waals surface area contributed by atoms with Crippen LogP contribution in [-0.2, 0) is 6.54 Å². The highest BCUT2D eigenvalue weighted by atomic mass is 35.5. The maximum atomic E-state index is 12.8. The van der Waals surface area contributed by atoms with Gasteiger partial charge in [0, 0.05) is 37.1 Å². The summed E-state index contributed by atoms with van der Waals surface area (Å²) in [5, 5.41) is 0. The summed E-state index contributed by atoms with van der Waals surface area (Å²) in [6.07, 6.45) is 5.01. The minimum Gasteiger partial charge on any atom is -0.337 e. The molecule has 7 nitrogen and oxygen atoms in total. The van der Waals surface area contributed by atoms with Gasteiger partial charge in [-0.25, -0.2) is 0 Å². The van der Waals surface area contributed by atoms with Gasteiger partial charge in [-0.3, -0.25) is 24.3 Å². The number of pyridine rings is 1. The average Bonchev–Trinajstić information content (AvgIpc) is 2.92. The SMILES string of the molecule is Cl.Cl.NC1CCCN(C(=O)c2ccc3c(c2)C(=O)N(Cc2ccncc2)C3=O)C1. The van der Waals surface area contributed by atoms with Crippen LogP contribution >= 0.6 is 24.8 Å². The number of carbonyl (C=O) groups excluding carboxylic acids is 3. The lowest BCUT2D eigenvalue weighted by Gasteiger charge is -2.30. The Kier molecular flexibility index (Phi) is 7.35. The van der Waals surface area contributed by atoms with Crippen molar-refractivity contribution in [2.75, 3.05) is 13.1 Å². The van der Waals surface area contributed by atoms with Gasteiger partial charge in [0.15, 0.2) is 0 Å². The fourth-order valence-electron chi connectivity index (χ4n) is 3.62. The van der Waals surface area contributed by atoms with Crippen molar-refractivity contribution in [2.24, 2.45) is 5.73 Å². The molecule has 154 valence electrons. The van der Waals surface area contributed by atoms with Crippen LogP contribution in [0.3, 0.4) is 0 Å². The van der Waals surface area contributed by atoms with Gasteiger partial charge < -0.3 is 10.6 Å². The first-order chi connectivity index (χ1) is 13.0. The Morgan fingerprint density at radius 1 is 1.07 bits per heavy atom. The van der Waals surface area contributed by atoms with Gasteiger partial charge in [-0.15, -0.1) is 24.8 Å². The summed E-state index contributed by atoms with van der Waals surface area (Å²) in [4.78, 5) is 45.0. The monoisotopic (exact) mass is 436 g/mol. The molecule has 0 saturated carbocycles. The zero-order valence-electron chi connectivity index (χ0n) is 15.6. The fraction of sp³-hybridized carbons (Fsp3) is 0.300. The van der Waals surface area contributed by atoms with E-state index in [1.807, 2.05) is 0 Å². The number of nitrogens with two attached hydrogens (primary N) is 1. The lowest BCUT2D eigenvalue weighted by atomic mass is 10.0. The van der Waals surface area contributed by atoms with Gasteiger partial charge in [-0.1, -0.05) is 0 Å². The van der Waals surface area contributed by atoms with E-state index in [1.165, 1.54) is 11.0 Å². The standard InChI is InChI=1S/C20H20N4O3.2ClH/c21-15-2-1-9-23(12-15)18(25)14-3-4-16-17(10-14)20(27)24(19(16)26)11-13-5-7-22-8-6-13;;/h3-8,10,15H,1-2,9,11-12,21H2;2*1H. The lowest BCUT2D eigenvalue weighted by Crippen LogP contribution is -2.45. The zero-order chi connectivity index (χ0) is 19.0. The molecular weight excluding hydrogens is 415 g/mol. The van der Waals surface area contributed by atoms with Crippen LogP contribution < -0.4 is 5.73 Å². The van der Waals surface area contributed by atoms with E-state index < -0.39 is 0 Å². The van der Waals surface area contributed by atoms with Gasteiger partial charge >= 0.3 is 0 Å². The van der Waals surface area contributed by atoms with E-state index >= 15 is 0 Å². The van der Waals surface area contributed by atoms with Crippen molar-refractivity contribution in [1.82, 2.24) is 14.8 Å². The number of hydrogen-bond donors (Lipinski definition) is 1. The van der Waals surface area contributed by atoms with E-state index in [1.54, 1.807) is 41.6 Å². The van der Waals surface area contributed by atoms with Crippen LogP contribution in [0.1, 0.15) is 49.5 Å². The van der Waals surface area contributed by atoms with Crippen molar-refractivity contribution < 1.29 is 14.4 Å². The molecule has 2 aliphatic heterocycles. The van der Waals surface area contributed by atoms with Crippen molar-refractivity contribution in [3.8, 4) is 0 Å². The largest absolute Gasteiger partial charge is 0.337 e. The molecule has 0 bridgehead atoms. The predicted octanol–water partition coefficient (Wildman–Crippen LogP) is 2.28. The maximum Gasteiger partial charge on any atom is 0.261 e. The third-order valence-electron chi connectivity index (χ3n) is 5.05. The number of piperidine rings is 1. The number of rotatable bonds is 3. The molecule has 9 heteroatoms. The Morgan fingerprint density at radius 3 is 2.45 bits per heavy atom. The third kappa shape index (κ3) is 4.42. The number of fused-ring (bicyclic) bond motifs is 1. The first-order valence-corrected chi connectivity index (χ1v) is 8.98. The Bertz CT molecular complexity index is 923. The van der Waals surface area contributed by atoms with Gasteiger partial charge in [0.05, 0.1) is 17.7 Å². The van der Waals surface area contributed by atoms with Crippen molar-refractivity contribution in [3.63, 3.8) is 0 Å². The molecule has 1 aromatic carbocycles. The third-order valence-corrected chi connectivity index (χ3v) is 5.05.